The van der Waals surface area contributed by atoms with E-state index in [1.807, 2.05) is 48.5 Å². The molecule has 0 aromatic heterocycles. The van der Waals surface area contributed by atoms with Crippen molar-refractivity contribution in [3.63, 3.8) is 0 Å². The van der Waals surface area contributed by atoms with Gasteiger partial charge in [-0.25, -0.2) is 9.69 Å². The molecule has 47 heavy (non-hydrogen) atoms. The van der Waals surface area contributed by atoms with Gasteiger partial charge in [0, 0.05) is 17.2 Å². The Morgan fingerprint density at radius 1 is 0.702 bits per heavy atom. The lowest BCUT2D eigenvalue weighted by Gasteiger charge is -2.27. The van der Waals surface area contributed by atoms with E-state index in [2.05, 4.69) is 79.1 Å². The van der Waals surface area contributed by atoms with Gasteiger partial charge in [-0.15, -0.1) is 0 Å². The van der Waals surface area contributed by atoms with Crippen LogP contribution >= 0.6 is 0 Å². The molecule has 2 atom stereocenters. The average molecular weight is 627 g/mol. The van der Waals surface area contributed by atoms with Gasteiger partial charge >= 0.3 is 6.09 Å². The van der Waals surface area contributed by atoms with Crippen molar-refractivity contribution in [2.24, 2.45) is 0 Å². The zero-order valence-corrected chi connectivity index (χ0v) is 27.4. The molecule has 3 amide bonds. The van der Waals surface area contributed by atoms with Crippen molar-refractivity contribution < 1.29 is 19.1 Å². The molecule has 0 aliphatic carbocycles. The number of rotatable bonds is 6. The summed E-state index contributed by atoms with van der Waals surface area (Å²) in [6, 6.07) is 37.2. The number of nitrogens with zero attached hydrogens (tertiary/aromatic N) is 1. The monoisotopic (exact) mass is 626 g/mol. The number of imide groups is 1. The second-order valence-electron chi connectivity index (χ2n) is 13.1. The van der Waals surface area contributed by atoms with Crippen LogP contribution in [0.1, 0.15) is 44.7 Å². The maximum atomic E-state index is 12.5. The molecular formula is C41H42N2O4. The van der Waals surface area contributed by atoms with Gasteiger partial charge in [0.1, 0.15) is 5.60 Å². The SMILES string of the molecule is C=C1C[C@@H](Cc2ccc(-c3ccccc3)cc2)N(C(=O)OC(C)(C)C)C1=O.C=C1C[C@@H](Cc2ccc(-c3ccccc3)cc2)NC1=O. The Bertz CT molecular complexity index is 1720. The fourth-order valence-electron chi connectivity index (χ4n) is 5.84. The molecule has 4 aromatic rings. The average Bonchev–Trinajstić information content (AvgIpc) is 3.52. The summed E-state index contributed by atoms with van der Waals surface area (Å²) in [5, 5.41) is 2.96. The van der Waals surface area contributed by atoms with Crippen molar-refractivity contribution in [1.29, 1.82) is 0 Å². The van der Waals surface area contributed by atoms with Crippen LogP contribution in [0, 0.1) is 0 Å². The van der Waals surface area contributed by atoms with Crippen LogP contribution in [0.2, 0.25) is 0 Å². The van der Waals surface area contributed by atoms with Gasteiger partial charge in [0.2, 0.25) is 5.91 Å². The maximum absolute atomic E-state index is 12.5. The van der Waals surface area contributed by atoms with E-state index in [0.717, 1.165) is 29.5 Å². The Labute approximate surface area is 277 Å². The Morgan fingerprint density at radius 3 is 1.62 bits per heavy atom. The first-order valence-corrected chi connectivity index (χ1v) is 16.0. The first-order valence-electron chi connectivity index (χ1n) is 16.0. The van der Waals surface area contributed by atoms with Crippen LogP contribution in [0.4, 0.5) is 4.79 Å². The number of hydrogen-bond acceptors (Lipinski definition) is 4. The third kappa shape index (κ3) is 8.73. The molecule has 2 saturated heterocycles. The minimum Gasteiger partial charge on any atom is -0.443 e. The Kier molecular flexibility index (Phi) is 10.2. The maximum Gasteiger partial charge on any atom is 0.417 e. The van der Waals surface area contributed by atoms with Crippen molar-refractivity contribution in [3.8, 4) is 22.3 Å². The van der Waals surface area contributed by atoms with Gasteiger partial charge in [0.05, 0.1) is 6.04 Å². The summed E-state index contributed by atoms with van der Waals surface area (Å²) in [6.07, 6.45) is 2.06. The third-order valence-corrected chi connectivity index (χ3v) is 8.18. The molecule has 6 rings (SSSR count). The van der Waals surface area contributed by atoms with Crippen LogP contribution < -0.4 is 5.32 Å². The Morgan fingerprint density at radius 2 is 1.17 bits per heavy atom. The molecule has 240 valence electrons. The van der Waals surface area contributed by atoms with Crippen molar-refractivity contribution in [2.45, 2.75) is 64.1 Å². The molecule has 1 N–H and O–H groups in total. The quantitative estimate of drug-likeness (QED) is 0.218. The van der Waals surface area contributed by atoms with Crippen molar-refractivity contribution in [2.75, 3.05) is 0 Å². The predicted molar refractivity (Wildman–Crippen MR) is 187 cm³/mol. The summed E-state index contributed by atoms with van der Waals surface area (Å²) in [7, 11) is 0. The Balaban J connectivity index is 0.000000193. The second-order valence-corrected chi connectivity index (χ2v) is 13.1. The van der Waals surface area contributed by atoms with Gasteiger partial charge in [-0.05, 0) is 79.8 Å². The zero-order chi connectivity index (χ0) is 33.6. The number of carbonyl (C=O) groups excluding carboxylic acids is 3. The van der Waals surface area contributed by atoms with Crippen LogP contribution in [0.25, 0.3) is 22.3 Å². The molecule has 2 aliphatic heterocycles. The van der Waals surface area contributed by atoms with E-state index in [1.54, 1.807) is 20.8 Å². The molecule has 4 aromatic carbocycles. The van der Waals surface area contributed by atoms with Gasteiger partial charge in [-0.2, -0.15) is 0 Å². The summed E-state index contributed by atoms with van der Waals surface area (Å²) in [5.74, 6) is -0.342. The van der Waals surface area contributed by atoms with Crippen LogP contribution in [0.5, 0.6) is 0 Å². The van der Waals surface area contributed by atoms with Crippen LogP contribution in [0.15, 0.2) is 133 Å². The number of amides is 3. The van der Waals surface area contributed by atoms with Crippen molar-refractivity contribution in [3.05, 3.63) is 145 Å². The Hall–Kier alpha value is -5.23. The molecule has 0 saturated carbocycles. The smallest absolute Gasteiger partial charge is 0.417 e. The highest BCUT2D eigenvalue weighted by molar-refractivity contribution is 6.04. The topological polar surface area (TPSA) is 75.7 Å². The minimum absolute atomic E-state index is 0.00379. The summed E-state index contributed by atoms with van der Waals surface area (Å²) >= 11 is 0. The van der Waals surface area contributed by atoms with Crippen molar-refractivity contribution in [1.82, 2.24) is 10.2 Å². The highest BCUT2D eigenvalue weighted by Crippen LogP contribution is 2.29. The lowest BCUT2D eigenvalue weighted by atomic mass is 9.99. The number of ether oxygens (including phenoxy) is 1. The highest BCUT2D eigenvalue weighted by atomic mass is 16.6. The number of carbonyl (C=O) groups is 3. The normalized spacial score (nSPS) is 17.6. The van der Waals surface area contributed by atoms with E-state index in [-0.39, 0.29) is 23.9 Å². The number of hydrogen-bond donors (Lipinski definition) is 1. The predicted octanol–water partition coefficient (Wildman–Crippen LogP) is 8.33. The molecule has 0 bridgehead atoms. The molecule has 0 unspecified atom stereocenters. The molecule has 2 heterocycles. The summed E-state index contributed by atoms with van der Waals surface area (Å²) < 4.78 is 5.41. The molecule has 2 aliphatic rings. The molecule has 0 radical (unpaired) electrons. The van der Waals surface area contributed by atoms with E-state index >= 15 is 0 Å². The largest absolute Gasteiger partial charge is 0.443 e. The lowest BCUT2D eigenvalue weighted by Crippen LogP contribution is -2.43. The number of benzene rings is 4. The van der Waals surface area contributed by atoms with Gasteiger partial charge in [-0.3, -0.25) is 9.59 Å². The fraction of sp³-hybridized carbons (Fsp3) is 0.244. The van der Waals surface area contributed by atoms with Gasteiger partial charge < -0.3 is 10.1 Å². The summed E-state index contributed by atoms with van der Waals surface area (Å²) in [4.78, 5) is 37.5. The number of likely N-dealkylation sites (tertiary alicyclic amines) is 1. The highest BCUT2D eigenvalue weighted by Gasteiger charge is 2.40. The van der Waals surface area contributed by atoms with Gasteiger partial charge in [-0.1, -0.05) is 122 Å². The third-order valence-electron chi connectivity index (χ3n) is 8.18. The molecule has 6 heteroatoms. The second kappa shape index (κ2) is 14.5. The zero-order valence-electron chi connectivity index (χ0n) is 27.4. The van der Waals surface area contributed by atoms with Crippen molar-refractivity contribution >= 4 is 17.9 Å². The minimum atomic E-state index is -0.650. The lowest BCUT2D eigenvalue weighted by molar-refractivity contribution is -0.125. The van der Waals surface area contributed by atoms with E-state index in [0.29, 0.717) is 24.0 Å². The molecular weight excluding hydrogens is 584 g/mol. The van der Waals surface area contributed by atoms with Crippen LogP contribution in [-0.2, 0) is 27.2 Å². The van der Waals surface area contributed by atoms with E-state index in [1.165, 1.54) is 21.6 Å². The van der Waals surface area contributed by atoms with E-state index in [9.17, 15) is 14.4 Å². The fourth-order valence-corrected chi connectivity index (χ4v) is 5.84. The van der Waals surface area contributed by atoms with Gasteiger partial charge in [0.15, 0.2) is 0 Å². The summed E-state index contributed by atoms with van der Waals surface area (Å²) in [5.41, 5.74) is 7.53. The molecule has 6 nitrogen and oxygen atoms in total. The standard InChI is InChI=1S/C23H25NO3.C18H17NO/c1-16-14-20(24(21(16)25)22(26)27-23(2,3)4)15-17-10-12-19(13-11-17)18-8-6-5-7-9-18;1-13-11-17(19-18(13)20)12-14-7-9-16(10-8-14)15-5-3-2-4-6-15/h5-13,20H,1,14-15H2,2-4H3;2-10,17H,1,11-12H2,(H,19,20)/t20-;17-/m00/s1. The number of nitrogens with one attached hydrogen (secondary N) is 1. The first-order chi connectivity index (χ1) is 22.5. The van der Waals surface area contributed by atoms with Crippen LogP contribution in [-0.4, -0.2) is 40.5 Å². The first kappa shape index (κ1) is 33.1. The molecule has 2 fully saturated rings. The molecule has 0 spiro atoms. The van der Waals surface area contributed by atoms with Crippen LogP contribution in [0.3, 0.4) is 0 Å². The van der Waals surface area contributed by atoms with Gasteiger partial charge in [0.25, 0.3) is 5.91 Å². The van der Waals surface area contributed by atoms with E-state index in [4.69, 9.17) is 4.74 Å². The van der Waals surface area contributed by atoms with E-state index < -0.39 is 11.7 Å². The summed E-state index contributed by atoms with van der Waals surface area (Å²) in [6.45, 7) is 12.9.